The molecule has 1 unspecified atom stereocenters. The summed E-state index contributed by atoms with van der Waals surface area (Å²) >= 11 is 0. The molecule has 6 heteroatoms. The normalized spacial score (nSPS) is 19.6. The number of hydrogen-bond donors (Lipinski definition) is 2. The van der Waals surface area contributed by atoms with E-state index in [0.717, 1.165) is 6.07 Å². The lowest BCUT2D eigenvalue weighted by Gasteiger charge is -2.23. The van der Waals surface area contributed by atoms with Gasteiger partial charge in [-0.3, -0.25) is 4.79 Å². The maximum absolute atomic E-state index is 13.7. The summed E-state index contributed by atoms with van der Waals surface area (Å²) in [5.74, 6) is -2.10. The number of ether oxygens (including phenoxy) is 1. The van der Waals surface area contributed by atoms with Crippen molar-refractivity contribution >= 4 is 11.6 Å². The summed E-state index contributed by atoms with van der Waals surface area (Å²) in [4.78, 5) is 11.8. The van der Waals surface area contributed by atoms with Crippen molar-refractivity contribution < 1.29 is 18.3 Å². The monoisotopic (exact) mass is 256 g/mol. The molecule has 2 rings (SSSR count). The van der Waals surface area contributed by atoms with E-state index in [1.165, 1.54) is 13.0 Å². The van der Waals surface area contributed by atoms with Crippen LogP contribution in [-0.2, 0) is 9.53 Å². The van der Waals surface area contributed by atoms with Crippen LogP contribution in [0.5, 0.6) is 0 Å². The molecule has 1 aliphatic rings. The number of morpholine rings is 1. The minimum Gasteiger partial charge on any atom is -0.366 e. The molecule has 1 heterocycles. The third kappa shape index (κ3) is 2.65. The van der Waals surface area contributed by atoms with Crippen molar-refractivity contribution in [3.8, 4) is 0 Å². The third-order valence-corrected chi connectivity index (χ3v) is 2.75. The Bertz CT molecular complexity index is 460. The summed E-state index contributed by atoms with van der Waals surface area (Å²) in [5, 5.41) is 5.20. The second-order valence-corrected chi connectivity index (χ2v) is 4.11. The summed E-state index contributed by atoms with van der Waals surface area (Å²) in [7, 11) is 0. The van der Waals surface area contributed by atoms with Crippen molar-refractivity contribution in [2.75, 3.05) is 25.0 Å². The van der Waals surface area contributed by atoms with Gasteiger partial charge in [0.2, 0.25) is 0 Å². The molecule has 0 aliphatic carbocycles. The zero-order valence-corrected chi connectivity index (χ0v) is 9.93. The number of carbonyl (C=O) groups is 1. The van der Waals surface area contributed by atoms with E-state index < -0.39 is 29.3 Å². The van der Waals surface area contributed by atoms with Gasteiger partial charge in [0.05, 0.1) is 6.61 Å². The van der Waals surface area contributed by atoms with E-state index in [4.69, 9.17) is 4.74 Å². The summed E-state index contributed by atoms with van der Waals surface area (Å²) in [6, 6.07) is 2.44. The number of aryl methyl sites for hydroxylation is 1. The fourth-order valence-electron chi connectivity index (χ4n) is 1.71. The van der Waals surface area contributed by atoms with E-state index in [1.54, 1.807) is 0 Å². The van der Waals surface area contributed by atoms with Crippen molar-refractivity contribution in [2.24, 2.45) is 0 Å². The molecule has 4 nitrogen and oxygen atoms in total. The number of rotatable bonds is 2. The molecular weight excluding hydrogens is 242 g/mol. The molecule has 1 amide bonds. The van der Waals surface area contributed by atoms with Crippen LogP contribution in [-0.4, -0.2) is 31.7 Å². The highest BCUT2D eigenvalue weighted by Gasteiger charge is 2.24. The molecule has 1 saturated heterocycles. The Balaban J connectivity index is 2.13. The molecule has 1 aromatic carbocycles. The topological polar surface area (TPSA) is 50.4 Å². The van der Waals surface area contributed by atoms with E-state index in [1.807, 2.05) is 0 Å². The van der Waals surface area contributed by atoms with Crippen LogP contribution in [0.4, 0.5) is 14.5 Å². The minimum atomic E-state index is -0.796. The van der Waals surface area contributed by atoms with Crippen molar-refractivity contribution in [3.05, 3.63) is 29.3 Å². The zero-order valence-electron chi connectivity index (χ0n) is 9.93. The lowest BCUT2D eigenvalue weighted by Crippen LogP contribution is -2.45. The van der Waals surface area contributed by atoms with Crippen LogP contribution in [0.25, 0.3) is 0 Å². The summed E-state index contributed by atoms with van der Waals surface area (Å²) < 4.78 is 32.3. The first-order valence-corrected chi connectivity index (χ1v) is 5.67. The molecule has 98 valence electrons. The molecule has 1 aliphatic heterocycles. The lowest BCUT2D eigenvalue weighted by atomic mass is 10.2. The number of nitrogens with one attached hydrogen (secondary N) is 2. The standard InChI is InChI=1S/C12H14F2N2O2/c1-7-2-3-8(13)11(10(7)14)16-12(17)9-6-15-4-5-18-9/h2-3,9,15H,4-6H2,1H3,(H,16,17). The van der Waals surface area contributed by atoms with E-state index in [2.05, 4.69) is 10.6 Å². The molecule has 0 spiro atoms. The van der Waals surface area contributed by atoms with E-state index in [9.17, 15) is 13.6 Å². The predicted molar refractivity (Wildman–Crippen MR) is 62.3 cm³/mol. The molecule has 1 fully saturated rings. The highest BCUT2D eigenvalue weighted by Crippen LogP contribution is 2.22. The molecule has 0 aromatic heterocycles. The maximum Gasteiger partial charge on any atom is 0.254 e. The van der Waals surface area contributed by atoms with Crippen molar-refractivity contribution in [1.29, 1.82) is 0 Å². The first-order chi connectivity index (χ1) is 8.59. The molecule has 0 saturated carbocycles. The maximum atomic E-state index is 13.7. The second-order valence-electron chi connectivity index (χ2n) is 4.11. The average Bonchev–Trinajstić information content (AvgIpc) is 2.40. The van der Waals surface area contributed by atoms with Gasteiger partial charge in [0, 0.05) is 13.1 Å². The quantitative estimate of drug-likeness (QED) is 0.836. The van der Waals surface area contributed by atoms with Gasteiger partial charge >= 0.3 is 0 Å². The zero-order chi connectivity index (χ0) is 13.1. The van der Waals surface area contributed by atoms with Crippen LogP contribution in [0.3, 0.4) is 0 Å². The Morgan fingerprint density at radius 3 is 2.94 bits per heavy atom. The van der Waals surface area contributed by atoms with Gasteiger partial charge in [-0.25, -0.2) is 8.78 Å². The van der Waals surface area contributed by atoms with Crippen molar-refractivity contribution in [3.63, 3.8) is 0 Å². The van der Waals surface area contributed by atoms with Gasteiger partial charge in [0.1, 0.15) is 17.6 Å². The molecule has 0 bridgehead atoms. The molecule has 0 radical (unpaired) electrons. The Hall–Kier alpha value is -1.53. The largest absolute Gasteiger partial charge is 0.366 e. The third-order valence-electron chi connectivity index (χ3n) is 2.75. The molecule has 1 aromatic rings. The number of amides is 1. The van der Waals surface area contributed by atoms with Gasteiger partial charge in [0.25, 0.3) is 5.91 Å². The Morgan fingerprint density at radius 1 is 1.50 bits per heavy atom. The molecule has 2 N–H and O–H groups in total. The van der Waals surface area contributed by atoms with Crippen LogP contribution < -0.4 is 10.6 Å². The van der Waals surface area contributed by atoms with Crippen LogP contribution in [0, 0.1) is 18.6 Å². The summed E-state index contributed by atoms with van der Waals surface area (Å²) in [5.41, 5.74) is -0.149. The van der Waals surface area contributed by atoms with Gasteiger partial charge in [0.15, 0.2) is 5.82 Å². The average molecular weight is 256 g/mol. The van der Waals surface area contributed by atoms with Crippen LogP contribution in [0.2, 0.25) is 0 Å². The fourth-order valence-corrected chi connectivity index (χ4v) is 1.71. The van der Waals surface area contributed by atoms with Gasteiger partial charge in [-0.2, -0.15) is 0 Å². The predicted octanol–water partition coefficient (Wildman–Crippen LogP) is 1.20. The van der Waals surface area contributed by atoms with Gasteiger partial charge in [-0.05, 0) is 18.6 Å². The van der Waals surface area contributed by atoms with Crippen LogP contribution in [0.15, 0.2) is 12.1 Å². The molecule has 1 atom stereocenters. The summed E-state index contributed by atoms with van der Waals surface area (Å²) in [6.07, 6.45) is -0.724. The van der Waals surface area contributed by atoms with Crippen LogP contribution >= 0.6 is 0 Å². The summed E-state index contributed by atoms with van der Waals surface area (Å²) in [6.45, 7) is 2.90. The first-order valence-electron chi connectivity index (χ1n) is 5.67. The highest BCUT2D eigenvalue weighted by molar-refractivity contribution is 5.94. The van der Waals surface area contributed by atoms with Crippen LogP contribution in [0.1, 0.15) is 5.56 Å². The Morgan fingerprint density at radius 2 is 2.28 bits per heavy atom. The lowest BCUT2D eigenvalue weighted by molar-refractivity contribution is -0.128. The highest BCUT2D eigenvalue weighted by atomic mass is 19.1. The second kappa shape index (κ2) is 5.41. The Labute approximate surface area is 103 Å². The molecule has 18 heavy (non-hydrogen) atoms. The Kier molecular flexibility index (Phi) is 3.88. The fraction of sp³-hybridized carbons (Fsp3) is 0.417. The number of hydrogen-bond acceptors (Lipinski definition) is 3. The number of benzene rings is 1. The molecular formula is C12H14F2N2O2. The van der Waals surface area contributed by atoms with E-state index in [-0.39, 0.29) is 5.56 Å². The van der Waals surface area contributed by atoms with Crippen molar-refractivity contribution in [1.82, 2.24) is 5.32 Å². The van der Waals surface area contributed by atoms with Gasteiger partial charge in [-0.1, -0.05) is 6.07 Å². The number of carbonyl (C=O) groups excluding carboxylic acids is 1. The number of anilines is 1. The first kappa shape index (κ1) is 12.9. The van der Waals surface area contributed by atoms with Gasteiger partial charge in [-0.15, -0.1) is 0 Å². The smallest absolute Gasteiger partial charge is 0.254 e. The van der Waals surface area contributed by atoms with Gasteiger partial charge < -0.3 is 15.4 Å². The van der Waals surface area contributed by atoms with E-state index >= 15 is 0 Å². The SMILES string of the molecule is Cc1ccc(F)c(NC(=O)C2CNCCO2)c1F. The van der Waals surface area contributed by atoms with E-state index in [0.29, 0.717) is 19.7 Å². The minimum absolute atomic E-state index is 0.273. The number of halogens is 2. The van der Waals surface area contributed by atoms with Crippen molar-refractivity contribution in [2.45, 2.75) is 13.0 Å².